The maximum Gasteiger partial charge on any atom is 0.319 e. The maximum atomic E-state index is 11.6. The monoisotopic (exact) mass is 229 g/mol. The Kier molecular flexibility index (Phi) is 3.23. The number of benzene rings is 1. The lowest BCUT2D eigenvalue weighted by Crippen LogP contribution is -2.34. The number of anilines is 1. The molecule has 1 aromatic heterocycles. The fourth-order valence-electron chi connectivity index (χ4n) is 1.64. The van der Waals surface area contributed by atoms with E-state index in [0.29, 0.717) is 0 Å². The average Bonchev–Trinajstić information content (AvgIpc) is 2.28. The van der Waals surface area contributed by atoms with E-state index >= 15 is 0 Å². The first-order valence-electron chi connectivity index (χ1n) is 5.57. The molecule has 0 aliphatic heterocycles. The van der Waals surface area contributed by atoms with E-state index in [0.717, 1.165) is 16.5 Å². The molecule has 0 bridgehead atoms. The number of nitrogens with zero attached hydrogens (tertiary/aromatic N) is 1. The zero-order valence-corrected chi connectivity index (χ0v) is 9.90. The smallest absolute Gasteiger partial charge is 0.319 e. The van der Waals surface area contributed by atoms with E-state index in [1.807, 2.05) is 38.1 Å². The first-order chi connectivity index (χ1) is 8.16. The number of fused-ring (bicyclic) bond motifs is 1. The summed E-state index contributed by atoms with van der Waals surface area (Å²) in [5.41, 5.74) is 0.772. The molecule has 4 nitrogen and oxygen atoms in total. The molecule has 0 aliphatic rings. The molecule has 88 valence electrons. The van der Waals surface area contributed by atoms with Gasteiger partial charge in [0.1, 0.15) is 0 Å². The van der Waals surface area contributed by atoms with Gasteiger partial charge in [0.15, 0.2) is 0 Å². The Morgan fingerprint density at radius 1 is 1.29 bits per heavy atom. The third kappa shape index (κ3) is 2.72. The molecular weight excluding hydrogens is 214 g/mol. The third-order valence-corrected chi connectivity index (χ3v) is 2.35. The highest BCUT2D eigenvalue weighted by Gasteiger charge is 2.05. The molecule has 0 saturated heterocycles. The van der Waals surface area contributed by atoms with Crippen LogP contribution < -0.4 is 10.6 Å². The SMILES string of the molecule is CC(C)NC(=O)Nc1cccc2ccncc12. The van der Waals surface area contributed by atoms with Crippen molar-refractivity contribution in [2.75, 3.05) is 5.32 Å². The van der Waals surface area contributed by atoms with E-state index in [1.165, 1.54) is 0 Å². The predicted molar refractivity (Wildman–Crippen MR) is 69.0 cm³/mol. The molecule has 1 heterocycles. The van der Waals surface area contributed by atoms with E-state index in [9.17, 15) is 4.79 Å². The molecule has 0 radical (unpaired) electrons. The second-order valence-electron chi connectivity index (χ2n) is 4.16. The number of urea groups is 1. The van der Waals surface area contributed by atoms with Crippen molar-refractivity contribution < 1.29 is 4.79 Å². The highest BCUT2D eigenvalue weighted by molar-refractivity contribution is 6.01. The van der Waals surface area contributed by atoms with Crippen LogP contribution in [0.15, 0.2) is 36.7 Å². The van der Waals surface area contributed by atoms with Crippen LogP contribution in [-0.4, -0.2) is 17.1 Å². The van der Waals surface area contributed by atoms with Gasteiger partial charge in [-0.15, -0.1) is 0 Å². The lowest BCUT2D eigenvalue weighted by molar-refractivity contribution is 0.250. The van der Waals surface area contributed by atoms with Gasteiger partial charge in [-0.3, -0.25) is 4.98 Å². The second kappa shape index (κ2) is 4.82. The molecule has 0 fully saturated rings. The first kappa shape index (κ1) is 11.4. The van der Waals surface area contributed by atoms with E-state index in [4.69, 9.17) is 0 Å². The molecular formula is C13H15N3O. The van der Waals surface area contributed by atoms with Gasteiger partial charge in [0.25, 0.3) is 0 Å². The van der Waals surface area contributed by atoms with Crippen LogP contribution in [0.1, 0.15) is 13.8 Å². The highest BCUT2D eigenvalue weighted by Crippen LogP contribution is 2.21. The summed E-state index contributed by atoms with van der Waals surface area (Å²) in [7, 11) is 0. The molecule has 0 unspecified atom stereocenters. The second-order valence-corrected chi connectivity index (χ2v) is 4.16. The minimum Gasteiger partial charge on any atom is -0.336 e. The number of rotatable bonds is 2. The van der Waals surface area contributed by atoms with Crippen LogP contribution in [0.5, 0.6) is 0 Å². The van der Waals surface area contributed by atoms with Crippen molar-refractivity contribution in [1.29, 1.82) is 0 Å². The van der Waals surface area contributed by atoms with Crippen LogP contribution in [0.4, 0.5) is 10.5 Å². The fourth-order valence-corrected chi connectivity index (χ4v) is 1.64. The number of hydrogen-bond acceptors (Lipinski definition) is 2. The Hall–Kier alpha value is -2.10. The standard InChI is InChI=1S/C13H15N3O/c1-9(2)15-13(17)16-12-5-3-4-10-6-7-14-8-11(10)12/h3-9H,1-2H3,(H2,15,16,17). The van der Waals surface area contributed by atoms with Crippen molar-refractivity contribution in [3.05, 3.63) is 36.7 Å². The van der Waals surface area contributed by atoms with Gasteiger partial charge < -0.3 is 10.6 Å². The number of amides is 2. The summed E-state index contributed by atoms with van der Waals surface area (Å²) in [6.07, 6.45) is 3.49. The lowest BCUT2D eigenvalue weighted by atomic mass is 10.1. The van der Waals surface area contributed by atoms with Crippen LogP contribution in [0, 0.1) is 0 Å². The predicted octanol–water partition coefficient (Wildman–Crippen LogP) is 2.76. The zero-order valence-electron chi connectivity index (χ0n) is 9.90. The zero-order chi connectivity index (χ0) is 12.3. The Morgan fingerprint density at radius 3 is 2.88 bits per heavy atom. The van der Waals surface area contributed by atoms with Crippen molar-refractivity contribution in [3.63, 3.8) is 0 Å². The van der Waals surface area contributed by atoms with Gasteiger partial charge in [0.05, 0.1) is 5.69 Å². The average molecular weight is 229 g/mol. The van der Waals surface area contributed by atoms with Gasteiger partial charge in [-0.1, -0.05) is 12.1 Å². The molecule has 2 N–H and O–H groups in total. The number of aromatic nitrogens is 1. The van der Waals surface area contributed by atoms with Crippen LogP contribution in [0.25, 0.3) is 10.8 Å². The molecule has 0 saturated carbocycles. The Labute approximate surface area is 100 Å². The van der Waals surface area contributed by atoms with Gasteiger partial charge >= 0.3 is 6.03 Å². The van der Waals surface area contributed by atoms with Crippen molar-refractivity contribution in [1.82, 2.24) is 10.3 Å². The van der Waals surface area contributed by atoms with Crippen LogP contribution in [0.2, 0.25) is 0 Å². The van der Waals surface area contributed by atoms with Gasteiger partial charge in [-0.05, 0) is 31.4 Å². The summed E-state index contributed by atoms with van der Waals surface area (Å²) >= 11 is 0. The van der Waals surface area contributed by atoms with Crippen LogP contribution >= 0.6 is 0 Å². The normalized spacial score (nSPS) is 10.5. The highest BCUT2D eigenvalue weighted by atomic mass is 16.2. The number of carbonyl (C=O) groups excluding carboxylic acids is 1. The third-order valence-electron chi connectivity index (χ3n) is 2.35. The van der Waals surface area contributed by atoms with Gasteiger partial charge in [0, 0.05) is 23.8 Å². The Balaban J connectivity index is 2.27. The summed E-state index contributed by atoms with van der Waals surface area (Å²) in [4.78, 5) is 15.7. The summed E-state index contributed by atoms with van der Waals surface area (Å²) in [5.74, 6) is 0. The summed E-state index contributed by atoms with van der Waals surface area (Å²) < 4.78 is 0. The van der Waals surface area contributed by atoms with Gasteiger partial charge in [-0.2, -0.15) is 0 Å². The summed E-state index contributed by atoms with van der Waals surface area (Å²) in [6.45, 7) is 3.84. The van der Waals surface area contributed by atoms with Crippen molar-refractivity contribution in [2.24, 2.45) is 0 Å². The van der Waals surface area contributed by atoms with Crippen LogP contribution in [0.3, 0.4) is 0 Å². The summed E-state index contributed by atoms with van der Waals surface area (Å²) in [6, 6.07) is 7.60. The van der Waals surface area contributed by atoms with Crippen molar-refractivity contribution in [2.45, 2.75) is 19.9 Å². The van der Waals surface area contributed by atoms with Crippen LogP contribution in [-0.2, 0) is 0 Å². The molecule has 17 heavy (non-hydrogen) atoms. The fraction of sp³-hybridized carbons (Fsp3) is 0.231. The lowest BCUT2D eigenvalue weighted by Gasteiger charge is -2.11. The molecule has 0 spiro atoms. The van der Waals surface area contributed by atoms with Crippen molar-refractivity contribution in [3.8, 4) is 0 Å². The molecule has 2 aromatic rings. The number of pyridine rings is 1. The van der Waals surface area contributed by atoms with E-state index in [-0.39, 0.29) is 12.1 Å². The molecule has 0 atom stereocenters. The minimum absolute atomic E-state index is 0.114. The molecule has 1 aromatic carbocycles. The number of nitrogens with one attached hydrogen (secondary N) is 2. The molecule has 2 amide bonds. The number of carbonyl (C=O) groups is 1. The van der Waals surface area contributed by atoms with Gasteiger partial charge in [-0.25, -0.2) is 4.79 Å². The Morgan fingerprint density at radius 2 is 2.12 bits per heavy atom. The Bertz CT molecular complexity index is 532. The molecule has 0 aliphatic carbocycles. The van der Waals surface area contributed by atoms with E-state index < -0.39 is 0 Å². The largest absolute Gasteiger partial charge is 0.336 e. The number of hydrogen-bond donors (Lipinski definition) is 2. The topological polar surface area (TPSA) is 54.0 Å². The first-order valence-corrected chi connectivity index (χ1v) is 5.57. The summed E-state index contributed by atoms with van der Waals surface area (Å²) in [5, 5.41) is 7.61. The quantitative estimate of drug-likeness (QED) is 0.832. The maximum absolute atomic E-state index is 11.6. The van der Waals surface area contributed by atoms with E-state index in [1.54, 1.807) is 12.4 Å². The molecule has 2 rings (SSSR count). The van der Waals surface area contributed by atoms with Crippen molar-refractivity contribution >= 4 is 22.5 Å². The molecule has 4 heteroatoms. The minimum atomic E-state index is -0.198. The van der Waals surface area contributed by atoms with Gasteiger partial charge in [0.2, 0.25) is 0 Å². The van der Waals surface area contributed by atoms with E-state index in [2.05, 4.69) is 15.6 Å².